The molecule has 3 N–H and O–H groups in total. The molecule has 0 fully saturated rings. The number of rotatable bonds is 4. The molecular formula is C19H17N3O4. The molecule has 4 aromatic rings. The van der Waals surface area contributed by atoms with E-state index in [0.717, 1.165) is 22.2 Å². The van der Waals surface area contributed by atoms with Gasteiger partial charge in [-0.25, -0.2) is 4.98 Å². The second-order valence-corrected chi connectivity index (χ2v) is 5.89. The Hall–Kier alpha value is -3.32. The van der Waals surface area contributed by atoms with Gasteiger partial charge in [0.2, 0.25) is 0 Å². The molecule has 0 unspecified atom stereocenters. The van der Waals surface area contributed by atoms with Crippen LogP contribution in [0.5, 0.6) is 11.5 Å². The predicted octanol–water partition coefficient (Wildman–Crippen LogP) is 2.58. The van der Waals surface area contributed by atoms with Crippen LogP contribution < -0.4 is 15.0 Å². The van der Waals surface area contributed by atoms with Gasteiger partial charge in [0.25, 0.3) is 5.56 Å². The number of methoxy groups -OCH3 is 2. The minimum Gasteiger partial charge on any atom is -0.497 e. The molecule has 0 spiro atoms. The van der Waals surface area contributed by atoms with E-state index in [1.54, 1.807) is 19.2 Å². The number of hydrogen-bond acceptors (Lipinski definition) is 5. The summed E-state index contributed by atoms with van der Waals surface area (Å²) < 4.78 is 10.6. The molecule has 7 heteroatoms. The van der Waals surface area contributed by atoms with Crippen LogP contribution in [0.25, 0.3) is 33.2 Å². The molecule has 0 radical (unpaired) electrons. The minimum absolute atomic E-state index is 0.0609. The standard InChI is InChI=1S/C19H17N3O4/c1-25-13-7-15-17(16(8-13)26-2)19(24)22-18(21-15)10-3-4-14-11(5-10)6-12(9-23)20-14/h3-8,20,23H,9H2,1-2H3,(H,21,22,24). The number of nitrogens with zero attached hydrogens (tertiary/aromatic N) is 1. The van der Waals surface area contributed by atoms with Crippen molar-refractivity contribution in [2.24, 2.45) is 0 Å². The number of hydrogen-bond donors (Lipinski definition) is 3. The Bertz CT molecular complexity index is 1180. The van der Waals surface area contributed by atoms with Crippen molar-refractivity contribution in [3.05, 3.63) is 52.4 Å². The Balaban J connectivity index is 1.93. The summed E-state index contributed by atoms with van der Waals surface area (Å²) in [5.74, 6) is 1.42. The van der Waals surface area contributed by atoms with Gasteiger partial charge in [-0.05, 0) is 24.3 Å². The van der Waals surface area contributed by atoms with Crippen LogP contribution in [0.3, 0.4) is 0 Å². The Kier molecular flexibility index (Phi) is 3.85. The molecule has 7 nitrogen and oxygen atoms in total. The van der Waals surface area contributed by atoms with Crippen LogP contribution in [0.1, 0.15) is 5.69 Å². The fourth-order valence-electron chi connectivity index (χ4n) is 3.05. The third kappa shape index (κ3) is 2.58. The maximum atomic E-state index is 12.6. The van der Waals surface area contributed by atoms with Gasteiger partial charge >= 0.3 is 0 Å². The van der Waals surface area contributed by atoms with E-state index < -0.39 is 0 Å². The van der Waals surface area contributed by atoms with Crippen molar-refractivity contribution in [2.45, 2.75) is 6.61 Å². The topological polar surface area (TPSA) is 100 Å². The fourth-order valence-corrected chi connectivity index (χ4v) is 3.05. The molecule has 0 aliphatic carbocycles. The van der Waals surface area contributed by atoms with E-state index >= 15 is 0 Å². The van der Waals surface area contributed by atoms with Crippen LogP contribution >= 0.6 is 0 Å². The van der Waals surface area contributed by atoms with Crippen molar-refractivity contribution < 1.29 is 14.6 Å². The van der Waals surface area contributed by atoms with Gasteiger partial charge in [0.05, 0.1) is 26.3 Å². The van der Waals surface area contributed by atoms with Crippen LogP contribution in [-0.2, 0) is 6.61 Å². The summed E-state index contributed by atoms with van der Waals surface area (Å²) in [6, 6.07) is 10.9. The Morgan fingerprint density at radius 2 is 1.92 bits per heavy atom. The van der Waals surface area contributed by atoms with Crippen LogP contribution in [-0.4, -0.2) is 34.3 Å². The lowest BCUT2D eigenvalue weighted by Gasteiger charge is -2.09. The summed E-state index contributed by atoms with van der Waals surface area (Å²) in [5, 5.41) is 10.6. The highest BCUT2D eigenvalue weighted by Crippen LogP contribution is 2.29. The van der Waals surface area contributed by atoms with E-state index in [9.17, 15) is 9.90 Å². The first-order valence-corrected chi connectivity index (χ1v) is 8.02. The Morgan fingerprint density at radius 3 is 2.65 bits per heavy atom. The second kappa shape index (κ2) is 6.20. The van der Waals surface area contributed by atoms with Gasteiger partial charge in [0, 0.05) is 34.3 Å². The predicted molar refractivity (Wildman–Crippen MR) is 98.7 cm³/mol. The number of nitrogens with one attached hydrogen (secondary N) is 2. The van der Waals surface area contributed by atoms with Crippen LogP contribution in [0.2, 0.25) is 0 Å². The number of benzene rings is 2. The molecule has 0 saturated heterocycles. The van der Waals surface area contributed by atoms with E-state index in [4.69, 9.17) is 9.47 Å². The normalized spacial score (nSPS) is 11.2. The number of aromatic nitrogens is 3. The summed E-state index contributed by atoms with van der Waals surface area (Å²) in [7, 11) is 3.05. The molecule has 0 amide bonds. The first-order valence-electron chi connectivity index (χ1n) is 8.02. The molecule has 0 saturated carbocycles. The summed E-state index contributed by atoms with van der Waals surface area (Å²) in [6.45, 7) is -0.0609. The zero-order valence-electron chi connectivity index (χ0n) is 14.3. The maximum absolute atomic E-state index is 12.6. The van der Waals surface area contributed by atoms with E-state index in [0.29, 0.717) is 28.2 Å². The lowest BCUT2D eigenvalue weighted by molar-refractivity contribution is 0.278. The molecule has 2 aromatic heterocycles. The Morgan fingerprint density at radius 1 is 1.08 bits per heavy atom. The minimum atomic E-state index is -0.283. The smallest absolute Gasteiger partial charge is 0.262 e. The van der Waals surface area contributed by atoms with Gasteiger partial charge in [-0.1, -0.05) is 0 Å². The molecule has 132 valence electrons. The van der Waals surface area contributed by atoms with Gasteiger partial charge in [-0.3, -0.25) is 4.79 Å². The lowest BCUT2D eigenvalue weighted by Crippen LogP contribution is -2.11. The monoisotopic (exact) mass is 351 g/mol. The average Bonchev–Trinajstić information content (AvgIpc) is 3.09. The fraction of sp³-hybridized carbons (Fsp3) is 0.158. The van der Waals surface area contributed by atoms with Crippen molar-refractivity contribution in [3.8, 4) is 22.9 Å². The number of aliphatic hydroxyl groups excluding tert-OH is 1. The number of aromatic amines is 2. The molecule has 2 aromatic carbocycles. The van der Waals surface area contributed by atoms with Gasteiger partial charge in [0.1, 0.15) is 22.7 Å². The van der Waals surface area contributed by atoms with Gasteiger partial charge < -0.3 is 24.5 Å². The van der Waals surface area contributed by atoms with Crippen LogP contribution in [0.4, 0.5) is 0 Å². The van der Waals surface area contributed by atoms with E-state index in [1.165, 1.54) is 7.11 Å². The SMILES string of the molecule is COc1cc(OC)c2c(=O)[nH]c(-c3ccc4[nH]c(CO)cc4c3)nc2c1. The number of H-pyrrole nitrogens is 2. The van der Waals surface area contributed by atoms with Crippen LogP contribution in [0.15, 0.2) is 41.2 Å². The molecule has 0 aliphatic heterocycles. The van der Waals surface area contributed by atoms with Crippen molar-refractivity contribution in [3.63, 3.8) is 0 Å². The van der Waals surface area contributed by atoms with Crippen LogP contribution in [0, 0.1) is 0 Å². The highest BCUT2D eigenvalue weighted by atomic mass is 16.5. The molecule has 0 atom stereocenters. The molecule has 26 heavy (non-hydrogen) atoms. The van der Waals surface area contributed by atoms with Crippen molar-refractivity contribution in [2.75, 3.05) is 14.2 Å². The molecule has 0 aliphatic rings. The summed E-state index contributed by atoms with van der Waals surface area (Å²) in [6.07, 6.45) is 0. The number of ether oxygens (including phenoxy) is 2. The highest BCUT2D eigenvalue weighted by molar-refractivity contribution is 5.89. The molecule has 0 bridgehead atoms. The first kappa shape index (κ1) is 16.2. The highest BCUT2D eigenvalue weighted by Gasteiger charge is 2.13. The van der Waals surface area contributed by atoms with Gasteiger partial charge in [-0.2, -0.15) is 0 Å². The largest absolute Gasteiger partial charge is 0.497 e. The van der Waals surface area contributed by atoms with E-state index in [1.807, 2.05) is 24.3 Å². The third-order valence-corrected chi connectivity index (χ3v) is 4.32. The average molecular weight is 351 g/mol. The van der Waals surface area contributed by atoms with Crippen molar-refractivity contribution in [1.29, 1.82) is 0 Å². The lowest BCUT2D eigenvalue weighted by atomic mass is 10.1. The van der Waals surface area contributed by atoms with E-state index in [-0.39, 0.29) is 12.2 Å². The quantitative estimate of drug-likeness (QED) is 0.525. The zero-order valence-corrected chi connectivity index (χ0v) is 14.3. The second-order valence-electron chi connectivity index (χ2n) is 5.89. The van der Waals surface area contributed by atoms with Crippen molar-refractivity contribution in [1.82, 2.24) is 15.0 Å². The summed E-state index contributed by atoms with van der Waals surface area (Å²) in [5.41, 5.74) is 2.61. The molecule has 2 heterocycles. The van der Waals surface area contributed by atoms with Gasteiger partial charge in [0.15, 0.2) is 0 Å². The summed E-state index contributed by atoms with van der Waals surface area (Å²) in [4.78, 5) is 23.1. The number of fused-ring (bicyclic) bond motifs is 2. The maximum Gasteiger partial charge on any atom is 0.262 e. The molecule has 4 rings (SSSR count). The molecular weight excluding hydrogens is 334 g/mol. The summed E-state index contributed by atoms with van der Waals surface area (Å²) >= 11 is 0. The zero-order chi connectivity index (χ0) is 18.3. The van der Waals surface area contributed by atoms with Gasteiger partial charge in [-0.15, -0.1) is 0 Å². The third-order valence-electron chi connectivity index (χ3n) is 4.32. The first-order chi connectivity index (χ1) is 12.6. The van der Waals surface area contributed by atoms with Crippen molar-refractivity contribution >= 4 is 21.8 Å². The van der Waals surface area contributed by atoms with E-state index in [2.05, 4.69) is 15.0 Å². The Labute approximate surface area is 148 Å². The number of aliphatic hydroxyl groups is 1.